The van der Waals surface area contributed by atoms with Gasteiger partial charge in [-0.2, -0.15) is 13.2 Å². The van der Waals surface area contributed by atoms with E-state index in [2.05, 4.69) is 5.32 Å². The maximum absolute atomic E-state index is 12.8. The van der Waals surface area contributed by atoms with Gasteiger partial charge in [-0.1, -0.05) is 6.92 Å². The first-order chi connectivity index (χ1) is 10.6. The fourth-order valence-electron chi connectivity index (χ4n) is 2.32. The number of carbonyl (C=O) groups excluding carboxylic acids is 1. The molecule has 0 spiro atoms. The molecule has 4 nitrogen and oxygen atoms in total. The zero-order valence-electron chi connectivity index (χ0n) is 13.1. The Kier molecular flexibility index (Phi) is 4.70. The lowest BCUT2D eigenvalue weighted by atomic mass is 10.1. The van der Waals surface area contributed by atoms with E-state index < -0.39 is 11.7 Å². The monoisotopic (exact) mass is 328 g/mol. The maximum atomic E-state index is 12.8. The zero-order valence-corrected chi connectivity index (χ0v) is 13.1. The molecule has 2 N–H and O–H groups in total. The van der Waals surface area contributed by atoms with Gasteiger partial charge in [-0.15, -0.1) is 0 Å². The van der Waals surface area contributed by atoms with Crippen LogP contribution in [0.4, 0.5) is 13.2 Å². The van der Waals surface area contributed by atoms with E-state index in [1.165, 1.54) is 12.1 Å². The summed E-state index contributed by atoms with van der Waals surface area (Å²) in [5.74, 6) is -0.504. The number of amides is 1. The van der Waals surface area contributed by atoms with Crippen LogP contribution in [0.3, 0.4) is 0 Å². The Morgan fingerprint density at radius 1 is 1.30 bits per heavy atom. The molecule has 1 heterocycles. The molecule has 0 radical (unpaired) electrons. The fraction of sp³-hybridized carbons (Fsp3) is 0.438. The molecular formula is C16H19F3N2O2. The number of hydrogen-bond acceptors (Lipinski definition) is 2. The molecule has 1 amide bonds. The van der Waals surface area contributed by atoms with Crippen molar-refractivity contribution in [3.8, 4) is 0 Å². The van der Waals surface area contributed by atoms with E-state index >= 15 is 0 Å². The number of alkyl halides is 3. The number of carbonyl (C=O) groups is 1. The standard InChI is InChI=1S/C16H19F3N2O2/c1-9(8-22)10(2)20-15(23)14-7-11-6-12(16(17,18)19)4-5-13(11)21(14)3/h4-7,9-10,22H,8H2,1-3H3,(H,20,23). The minimum absolute atomic E-state index is 0.0640. The molecule has 7 heteroatoms. The summed E-state index contributed by atoms with van der Waals surface area (Å²) in [5, 5.41) is 12.2. The van der Waals surface area contributed by atoms with E-state index in [9.17, 15) is 18.0 Å². The van der Waals surface area contributed by atoms with Crippen molar-refractivity contribution in [2.45, 2.75) is 26.1 Å². The lowest BCUT2D eigenvalue weighted by molar-refractivity contribution is -0.137. The summed E-state index contributed by atoms with van der Waals surface area (Å²) in [6, 6.07) is 4.58. The van der Waals surface area contributed by atoms with Gasteiger partial charge in [0, 0.05) is 30.6 Å². The van der Waals surface area contributed by atoms with Gasteiger partial charge in [-0.25, -0.2) is 0 Å². The summed E-state index contributed by atoms with van der Waals surface area (Å²) in [6.45, 7) is 3.50. The van der Waals surface area contributed by atoms with E-state index in [4.69, 9.17) is 5.11 Å². The molecule has 0 aliphatic carbocycles. The predicted molar refractivity (Wildman–Crippen MR) is 81.1 cm³/mol. The van der Waals surface area contributed by atoms with E-state index in [1.807, 2.05) is 0 Å². The number of rotatable bonds is 4. The molecule has 2 aromatic rings. The normalized spacial score (nSPS) is 14.7. The largest absolute Gasteiger partial charge is 0.416 e. The van der Waals surface area contributed by atoms with E-state index in [-0.39, 0.29) is 30.2 Å². The van der Waals surface area contributed by atoms with Crippen LogP contribution in [0.5, 0.6) is 0 Å². The number of aliphatic hydroxyl groups is 1. The predicted octanol–water partition coefficient (Wildman–Crippen LogP) is 2.94. The number of fused-ring (bicyclic) bond motifs is 1. The molecule has 0 saturated carbocycles. The molecule has 2 atom stereocenters. The highest BCUT2D eigenvalue weighted by Gasteiger charge is 2.31. The molecule has 1 aromatic heterocycles. The second-order valence-corrected chi connectivity index (χ2v) is 5.78. The summed E-state index contributed by atoms with van der Waals surface area (Å²) in [4.78, 5) is 12.3. The summed E-state index contributed by atoms with van der Waals surface area (Å²) in [6.07, 6.45) is -4.42. The quantitative estimate of drug-likeness (QED) is 0.907. The Labute approximate surface area is 131 Å². The van der Waals surface area contributed by atoms with Crippen molar-refractivity contribution < 1.29 is 23.1 Å². The summed E-state index contributed by atoms with van der Waals surface area (Å²) >= 11 is 0. The van der Waals surface area contributed by atoms with Crippen molar-refractivity contribution in [3.05, 3.63) is 35.5 Å². The van der Waals surface area contributed by atoms with Crippen LogP contribution < -0.4 is 5.32 Å². The third kappa shape index (κ3) is 3.50. The number of hydrogen-bond donors (Lipinski definition) is 2. The van der Waals surface area contributed by atoms with Crippen molar-refractivity contribution in [1.82, 2.24) is 9.88 Å². The molecule has 23 heavy (non-hydrogen) atoms. The number of aryl methyl sites for hydroxylation is 1. The topological polar surface area (TPSA) is 54.3 Å². The molecule has 0 bridgehead atoms. The van der Waals surface area contributed by atoms with Crippen molar-refractivity contribution in [2.75, 3.05) is 6.61 Å². The molecule has 0 fully saturated rings. The van der Waals surface area contributed by atoms with Gasteiger partial charge in [0.2, 0.25) is 0 Å². The number of benzene rings is 1. The van der Waals surface area contributed by atoms with Crippen LogP contribution in [0, 0.1) is 5.92 Å². The Morgan fingerprint density at radius 3 is 2.52 bits per heavy atom. The lowest BCUT2D eigenvalue weighted by Gasteiger charge is -2.19. The second-order valence-electron chi connectivity index (χ2n) is 5.78. The molecule has 1 aromatic carbocycles. The van der Waals surface area contributed by atoms with Crippen LogP contribution in [0.1, 0.15) is 29.9 Å². The Balaban J connectivity index is 2.35. The number of nitrogens with zero attached hydrogens (tertiary/aromatic N) is 1. The lowest BCUT2D eigenvalue weighted by Crippen LogP contribution is -2.39. The van der Waals surface area contributed by atoms with Crippen LogP contribution in [-0.2, 0) is 13.2 Å². The van der Waals surface area contributed by atoms with Crippen molar-refractivity contribution in [2.24, 2.45) is 13.0 Å². The number of halogens is 3. The third-order valence-corrected chi connectivity index (χ3v) is 4.10. The average molecular weight is 328 g/mol. The summed E-state index contributed by atoms with van der Waals surface area (Å²) in [7, 11) is 1.63. The smallest absolute Gasteiger partial charge is 0.396 e. The van der Waals surface area contributed by atoms with Crippen LogP contribution in [0.25, 0.3) is 10.9 Å². The van der Waals surface area contributed by atoms with Gasteiger partial charge >= 0.3 is 6.18 Å². The molecular weight excluding hydrogens is 309 g/mol. The zero-order chi connectivity index (χ0) is 17.4. The van der Waals surface area contributed by atoms with Gasteiger partial charge < -0.3 is 15.0 Å². The molecule has 0 saturated heterocycles. The summed E-state index contributed by atoms with van der Waals surface area (Å²) in [5.41, 5.74) is 0.0761. The average Bonchev–Trinajstić information content (AvgIpc) is 2.82. The highest BCUT2D eigenvalue weighted by molar-refractivity contribution is 5.99. The molecule has 0 aliphatic rings. The molecule has 126 valence electrons. The molecule has 2 unspecified atom stereocenters. The first-order valence-corrected chi connectivity index (χ1v) is 7.23. The first-order valence-electron chi connectivity index (χ1n) is 7.23. The van der Waals surface area contributed by atoms with Crippen LogP contribution in [0.2, 0.25) is 0 Å². The number of aliphatic hydroxyl groups excluding tert-OH is 1. The van der Waals surface area contributed by atoms with Crippen molar-refractivity contribution in [1.29, 1.82) is 0 Å². The van der Waals surface area contributed by atoms with Gasteiger partial charge in [-0.3, -0.25) is 4.79 Å². The molecule has 2 rings (SSSR count). The van der Waals surface area contributed by atoms with Gasteiger partial charge in [0.15, 0.2) is 0 Å². The van der Waals surface area contributed by atoms with Gasteiger partial charge in [-0.05, 0) is 37.1 Å². The minimum Gasteiger partial charge on any atom is -0.396 e. The molecule has 0 aliphatic heterocycles. The Hall–Kier alpha value is -2.02. The Bertz CT molecular complexity index is 722. The van der Waals surface area contributed by atoms with E-state index in [0.29, 0.717) is 10.9 Å². The van der Waals surface area contributed by atoms with Crippen LogP contribution >= 0.6 is 0 Å². The van der Waals surface area contributed by atoms with E-state index in [0.717, 1.165) is 12.1 Å². The highest BCUT2D eigenvalue weighted by Crippen LogP contribution is 2.32. The summed E-state index contributed by atoms with van der Waals surface area (Å²) < 4.78 is 39.9. The van der Waals surface area contributed by atoms with Gasteiger partial charge in [0.1, 0.15) is 5.69 Å². The van der Waals surface area contributed by atoms with Gasteiger partial charge in [0.25, 0.3) is 5.91 Å². The fourth-order valence-corrected chi connectivity index (χ4v) is 2.32. The number of nitrogens with one attached hydrogen (secondary N) is 1. The highest BCUT2D eigenvalue weighted by atomic mass is 19.4. The first kappa shape index (κ1) is 17.3. The Morgan fingerprint density at radius 2 is 1.96 bits per heavy atom. The van der Waals surface area contributed by atoms with Crippen molar-refractivity contribution >= 4 is 16.8 Å². The minimum atomic E-state index is -4.42. The third-order valence-electron chi connectivity index (χ3n) is 4.10. The van der Waals surface area contributed by atoms with E-state index in [1.54, 1.807) is 25.5 Å². The van der Waals surface area contributed by atoms with Crippen molar-refractivity contribution in [3.63, 3.8) is 0 Å². The van der Waals surface area contributed by atoms with Crippen LogP contribution in [0.15, 0.2) is 24.3 Å². The van der Waals surface area contributed by atoms with Gasteiger partial charge in [0.05, 0.1) is 5.56 Å². The second kappa shape index (κ2) is 6.23. The number of aromatic nitrogens is 1. The maximum Gasteiger partial charge on any atom is 0.416 e. The SMILES string of the molecule is CC(CO)C(C)NC(=O)c1cc2cc(C(F)(F)F)ccc2n1C. The van der Waals surface area contributed by atoms with Crippen LogP contribution in [-0.4, -0.2) is 28.2 Å².